The van der Waals surface area contributed by atoms with E-state index in [1.165, 1.54) is 6.07 Å². The van der Waals surface area contributed by atoms with Crippen LogP contribution in [0, 0.1) is 6.92 Å². The Labute approximate surface area is 165 Å². The molecule has 0 saturated heterocycles. The predicted octanol–water partition coefficient (Wildman–Crippen LogP) is 1.42. The molecule has 0 aromatic heterocycles. The highest BCUT2D eigenvalue weighted by Crippen LogP contribution is 2.26. The Bertz CT molecular complexity index is 1090. The Kier molecular flexibility index (Phi) is 5.84. The number of sulfonamides is 2. The normalized spacial score (nSPS) is 15.6. The van der Waals surface area contributed by atoms with E-state index < -0.39 is 20.0 Å². The summed E-state index contributed by atoms with van der Waals surface area (Å²) in [5, 5.41) is 3.01. The predicted molar refractivity (Wildman–Crippen MR) is 109 cm³/mol. The molecule has 0 spiro atoms. The Morgan fingerprint density at radius 3 is 2.50 bits per heavy atom. The molecule has 1 heterocycles. The lowest BCUT2D eigenvalue weighted by molar-refractivity contribution is 0.385. The molecule has 8 nitrogen and oxygen atoms in total. The fraction of sp³-hybridized carbons (Fsp3) is 0.278. The molecule has 0 fully saturated rings. The number of likely N-dealkylation sites (N-methyl/N-ethyl adjacent to an activating group) is 1. The zero-order chi connectivity index (χ0) is 20.4. The molecular weight excluding hydrogens is 400 g/mol. The van der Waals surface area contributed by atoms with Gasteiger partial charge in [0.25, 0.3) is 10.0 Å². The van der Waals surface area contributed by atoms with Crippen LogP contribution in [0.1, 0.15) is 5.56 Å². The number of fused-ring (bicyclic) bond motifs is 1. The minimum atomic E-state index is -3.73. The zero-order valence-corrected chi connectivity index (χ0v) is 17.2. The number of hydrogen-bond donors (Lipinski definition) is 2. The van der Waals surface area contributed by atoms with Crippen molar-refractivity contribution < 1.29 is 16.8 Å². The molecule has 1 aliphatic heterocycles. The molecule has 28 heavy (non-hydrogen) atoms. The number of benzene rings is 2. The van der Waals surface area contributed by atoms with Gasteiger partial charge in [0.1, 0.15) is 10.7 Å². The molecule has 0 atom stereocenters. The number of hydrogen-bond acceptors (Lipinski definition) is 6. The molecule has 0 radical (unpaired) electrons. The molecule has 1 aliphatic rings. The number of rotatable bonds is 7. The van der Waals surface area contributed by atoms with Gasteiger partial charge in [-0.15, -0.1) is 4.40 Å². The third kappa shape index (κ3) is 4.76. The van der Waals surface area contributed by atoms with Crippen LogP contribution in [0.25, 0.3) is 0 Å². The summed E-state index contributed by atoms with van der Waals surface area (Å²) in [6.45, 7) is 2.69. The molecule has 2 aromatic carbocycles. The van der Waals surface area contributed by atoms with E-state index in [9.17, 15) is 16.8 Å². The smallest absolute Gasteiger partial charge is 0.286 e. The van der Waals surface area contributed by atoms with Crippen molar-refractivity contribution in [2.75, 3.05) is 32.0 Å². The van der Waals surface area contributed by atoms with Crippen LogP contribution >= 0.6 is 0 Å². The Hall–Kier alpha value is -2.27. The highest BCUT2D eigenvalue weighted by atomic mass is 32.2. The first kappa shape index (κ1) is 20.5. The van der Waals surface area contributed by atoms with E-state index in [2.05, 4.69) is 14.4 Å². The van der Waals surface area contributed by atoms with E-state index in [1.807, 2.05) is 6.92 Å². The average molecular weight is 423 g/mol. The van der Waals surface area contributed by atoms with Gasteiger partial charge in [0.05, 0.1) is 17.1 Å². The minimum Gasteiger partial charge on any atom is -0.341 e. The van der Waals surface area contributed by atoms with Gasteiger partial charge in [-0.3, -0.25) is 4.90 Å². The van der Waals surface area contributed by atoms with Crippen molar-refractivity contribution in [2.24, 2.45) is 4.40 Å². The van der Waals surface area contributed by atoms with Gasteiger partial charge in [0.2, 0.25) is 10.0 Å². The number of nitrogens with zero attached hydrogens (tertiary/aromatic N) is 2. The number of aryl methyl sites for hydroxylation is 1. The highest BCUT2D eigenvalue weighted by molar-refractivity contribution is 7.90. The van der Waals surface area contributed by atoms with Crippen LogP contribution in [0.15, 0.2) is 62.7 Å². The van der Waals surface area contributed by atoms with Crippen LogP contribution in [-0.4, -0.2) is 54.3 Å². The standard InChI is InChI=1S/C18H22N4O4S2/c1-14-7-9-15(10-8-14)27(23,24)19-11-12-22(2)13-18-20-16-5-3-4-6-17(16)28(25,26)21-18/h3-10,19H,11-13H2,1-2H3,(H,20,21). The van der Waals surface area contributed by atoms with Gasteiger partial charge >= 0.3 is 0 Å². The van der Waals surface area contributed by atoms with E-state index in [1.54, 1.807) is 54.4 Å². The van der Waals surface area contributed by atoms with E-state index in [-0.39, 0.29) is 22.9 Å². The average Bonchev–Trinajstić information content (AvgIpc) is 2.61. The molecule has 0 saturated carbocycles. The van der Waals surface area contributed by atoms with Crippen molar-refractivity contribution in [1.82, 2.24) is 9.62 Å². The lowest BCUT2D eigenvalue weighted by atomic mass is 10.2. The van der Waals surface area contributed by atoms with Gasteiger partial charge in [-0.2, -0.15) is 8.42 Å². The van der Waals surface area contributed by atoms with Crippen LogP contribution < -0.4 is 10.0 Å². The van der Waals surface area contributed by atoms with Crippen molar-refractivity contribution >= 4 is 31.6 Å². The van der Waals surface area contributed by atoms with Gasteiger partial charge in [0.15, 0.2) is 0 Å². The van der Waals surface area contributed by atoms with E-state index in [4.69, 9.17) is 0 Å². The van der Waals surface area contributed by atoms with Crippen molar-refractivity contribution in [3.05, 3.63) is 54.1 Å². The SMILES string of the molecule is Cc1ccc(S(=O)(=O)NCCN(C)CC2=NS(=O)(=O)c3ccccc3N2)cc1. The van der Waals surface area contributed by atoms with Crippen LogP contribution in [0.5, 0.6) is 0 Å². The Morgan fingerprint density at radius 2 is 1.79 bits per heavy atom. The molecule has 2 N–H and O–H groups in total. The second kappa shape index (κ2) is 8.00. The Balaban J connectivity index is 1.57. The molecule has 2 aromatic rings. The van der Waals surface area contributed by atoms with Crippen molar-refractivity contribution in [1.29, 1.82) is 0 Å². The van der Waals surface area contributed by atoms with E-state index >= 15 is 0 Å². The molecule has 3 rings (SSSR count). The quantitative estimate of drug-likeness (QED) is 0.699. The molecule has 10 heteroatoms. The van der Waals surface area contributed by atoms with Gasteiger partial charge in [0, 0.05) is 13.1 Å². The van der Waals surface area contributed by atoms with Gasteiger partial charge < -0.3 is 5.32 Å². The van der Waals surface area contributed by atoms with Gasteiger partial charge in [-0.05, 0) is 38.2 Å². The van der Waals surface area contributed by atoms with Crippen molar-refractivity contribution in [3.63, 3.8) is 0 Å². The lowest BCUT2D eigenvalue weighted by Gasteiger charge is -2.22. The summed E-state index contributed by atoms with van der Waals surface area (Å²) in [6, 6.07) is 13.2. The number of para-hydroxylation sites is 1. The monoisotopic (exact) mass is 422 g/mol. The zero-order valence-electron chi connectivity index (χ0n) is 15.6. The maximum Gasteiger partial charge on any atom is 0.286 e. The van der Waals surface area contributed by atoms with Crippen LogP contribution in [0.3, 0.4) is 0 Å². The number of amidine groups is 1. The second-order valence-electron chi connectivity index (χ2n) is 6.58. The third-order valence-electron chi connectivity index (χ3n) is 4.21. The van der Waals surface area contributed by atoms with E-state index in [0.29, 0.717) is 18.1 Å². The minimum absolute atomic E-state index is 0.146. The fourth-order valence-corrected chi connectivity index (χ4v) is 4.90. The first-order valence-corrected chi connectivity index (χ1v) is 11.5. The summed E-state index contributed by atoms with van der Waals surface area (Å²) in [5.41, 5.74) is 1.47. The van der Waals surface area contributed by atoms with Crippen LogP contribution in [0.4, 0.5) is 5.69 Å². The molecule has 150 valence electrons. The number of nitrogens with one attached hydrogen (secondary N) is 2. The maximum atomic E-state index is 12.3. The largest absolute Gasteiger partial charge is 0.341 e. The van der Waals surface area contributed by atoms with Gasteiger partial charge in [-0.1, -0.05) is 29.8 Å². The third-order valence-corrected chi connectivity index (χ3v) is 7.06. The molecule has 0 bridgehead atoms. The lowest BCUT2D eigenvalue weighted by Crippen LogP contribution is -2.38. The van der Waals surface area contributed by atoms with Crippen LogP contribution in [0.2, 0.25) is 0 Å². The summed E-state index contributed by atoms with van der Waals surface area (Å²) in [5.74, 6) is 0.294. The molecule has 0 amide bonds. The topological polar surface area (TPSA) is 108 Å². The summed E-state index contributed by atoms with van der Waals surface area (Å²) in [4.78, 5) is 2.14. The maximum absolute atomic E-state index is 12.3. The summed E-state index contributed by atoms with van der Waals surface area (Å²) in [7, 11) is -5.55. The van der Waals surface area contributed by atoms with Crippen molar-refractivity contribution in [3.8, 4) is 0 Å². The molecule has 0 unspecified atom stereocenters. The summed E-state index contributed by atoms with van der Waals surface area (Å²) in [6.07, 6.45) is 0. The fourth-order valence-electron chi connectivity index (χ4n) is 2.74. The van der Waals surface area contributed by atoms with Crippen molar-refractivity contribution in [2.45, 2.75) is 16.7 Å². The second-order valence-corrected chi connectivity index (χ2v) is 9.92. The first-order valence-electron chi connectivity index (χ1n) is 8.62. The summed E-state index contributed by atoms with van der Waals surface area (Å²) >= 11 is 0. The van der Waals surface area contributed by atoms with E-state index in [0.717, 1.165) is 5.56 Å². The van der Waals surface area contributed by atoms with Crippen LogP contribution in [-0.2, 0) is 20.0 Å². The number of anilines is 1. The molecule has 0 aliphatic carbocycles. The molecular formula is C18H22N4O4S2. The highest BCUT2D eigenvalue weighted by Gasteiger charge is 2.24. The van der Waals surface area contributed by atoms with Gasteiger partial charge in [-0.25, -0.2) is 13.1 Å². The Morgan fingerprint density at radius 1 is 1.11 bits per heavy atom. The summed E-state index contributed by atoms with van der Waals surface area (Å²) < 4.78 is 55.4. The first-order chi connectivity index (χ1) is 13.2.